The molecule has 1 aliphatic carbocycles. The third-order valence-electron chi connectivity index (χ3n) is 5.78. The number of aromatic nitrogens is 2. The first kappa shape index (κ1) is 18.4. The molecule has 0 atom stereocenters. The van der Waals surface area contributed by atoms with Crippen LogP contribution in [-0.2, 0) is 22.5 Å². The SMILES string of the molecule is Cc1ccc(Oc2nc(N3CCOCC3)nc3c2CN(C(=O)C2CC2)CC3)cc1. The number of benzene rings is 1. The van der Waals surface area contributed by atoms with Crippen molar-refractivity contribution in [1.29, 1.82) is 0 Å². The summed E-state index contributed by atoms with van der Waals surface area (Å²) >= 11 is 0. The van der Waals surface area contributed by atoms with E-state index in [1.54, 1.807) is 0 Å². The molecule has 7 heteroatoms. The molecule has 1 saturated heterocycles. The molecule has 0 N–H and O–H groups in total. The molecule has 2 aliphatic heterocycles. The maximum absolute atomic E-state index is 12.6. The van der Waals surface area contributed by atoms with Crippen molar-refractivity contribution >= 4 is 11.9 Å². The molecule has 2 aromatic rings. The summed E-state index contributed by atoms with van der Waals surface area (Å²) in [7, 11) is 0. The van der Waals surface area contributed by atoms with Crippen molar-refractivity contribution in [2.75, 3.05) is 37.7 Å². The van der Waals surface area contributed by atoms with Crippen molar-refractivity contribution in [3.63, 3.8) is 0 Å². The fraction of sp³-hybridized carbons (Fsp3) is 0.500. The molecular weight excluding hydrogens is 368 g/mol. The molecule has 1 amide bonds. The van der Waals surface area contributed by atoms with E-state index in [0.717, 1.165) is 49.4 Å². The van der Waals surface area contributed by atoms with Crippen LogP contribution >= 0.6 is 0 Å². The second-order valence-electron chi connectivity index (χ2n) is 8.05. The standard InChI is InChI=1S/C22H26N4O3/c1-15-2-6-17(7-3-15)29-20-18-14-26(21(27)16-4-5-16)9-8-19(18)23-22(24-20)25-10-12-28-13-11-25/h2-3,6-7,16H,4-5,8-14H2,1H3. The quantitative estimate of drug-likeness (QED) is 0.794. The molecule has 7 nitrogen and oxygen atoms in total. The highest BCUT2D eigenvalue weighted by molar-refractivity contribution is 5.81. The number of aryl methyl sites for hydroxylation is 1. The maximum Gasteiger partial charge on any atom is 0.229 e. The molecule has 1 aromatic carbocycles. The van der Waals surface area contributed by atoms with Crippen LogP contribution in [0, 0.1) is 12.8 Å². The number of ether oxygens (including phenoxy) is 2. The fourth-order valence-electron chi connectivity index (χ4n) is 3.86. The topological polar surface area (TPSA) is 67.8 Å². The zero-order valence-electron chi connectivity index (χ0n) is 16.8. The van der Waals surface area contributed by atoms with E-state index in [2.05, 4.69) is 4.90 Å². The summed E-state index contributed by atoms with van der Waals surface area (Å²) in [5.41, 5.74) is 3.10. The van der Waals surface area contributed by atoms with Crippen molar-refractivity contribution in [2.45, 2.75) is 32.7 Å². The lowest BCUT2D eigenvalue weighted by molar-refractivity contribution is -0.133. The number of anilines is 1. The molecular formula is C22H26N4O3. The molecule has 0 spiro atoms. The first-order chi connectivity index (χ1) is 14.2. The van der Waals surface area contributed by atoms with Gasteiger partial charge < -0.3 is 19.3 Å². The van der Waals surface area contributed by atoms with Gasteiger partial charge in [-0.25, -0.2) is 4.98 Å². The Morgan fingerprint density at radius 3 is 2.59 bits per heavy atom. The van der Waals surface area contributed by atoms with Crippen LogP contribution in [0.1, 0.15) is 29.7 Å². The van der Waals surface area contributed by atoms with Crippen molar-refractivity contribution in [3.8, 4) is 11.6 Å². The van der Waals surface area contributed by atoms with Crippen molar-refractivity contribution in [3.05, 3.63) is 41.1 Å². The number of fused-ring (bicyclic) bond motifs is 1. The second-order valence-corrected chi connectivity index (χ2v) is 8.05. The summed E-state index contributed by atoms with van der Waals surface area (Å²) in [5, 5.41) is 0. The minimum absolute atomic E-state index is 0.214. The van der Waals surface area contributed by atoms with Gasteiger partial charge in [0.15, 0.2) is 0 Å². The second kappa shape index (κ2) is 7.63. The van der Waals surface area contributed by atoms with Crippen LogP contribution in [0.25, 0.3) is 0 Å². The van der Waals surface area contributed by atoms with E-state index in [0.29, 0.717) is 38.1 Å². The molecule has 1 aromatic heterocycles. The molecule has 0 unspecified atom stereocenters. The van der Waals surface area contributed by atoms with Gasteiger partial charge in [0, 0.05) is 32.0 Å². The van der Waals surface area contributed by atoms with Crippen molar-refractivity contribution in [1.82, 2.24) is 14.9 Å². The third-order valence-corrected chi connectivity index (χ3v) is 5.78. The lowest BCUT2D eigenvalue weighted by Gasteiger charge is -2.32. The van der Waals surface area contributed by atoms with Gasteiger partial charge in [-0.1, -0.05) is 17.7 Å². The molecule has 5 rings (SSSR count). The third kappa shape index (κ3) is 3.92. The number of hydrogen-bond donors (Lipinski definition) is 0. The van der Waals surface area contributed by atoms with Crippen LogP contribution in [0.15, 0.2) is 24.3 Å². The highest BCUT2D eigenvalue weighted by Crippen LogP contribution is 2.35. The van der Waals surface area contributed by atoms with E-state index in [9.17, 15) is 4.79 Å². The number of amides is 1. The van der Waals surface area contributed by atoms with Crippen LogP contribution in [0.3, 0.4) is 0 Å². The van der Waals surface area contributed by atoms with E-state index in [1.807, 2.05) is 36.1 Å². The number of hydrogen-bond acceptors (Lipinski definition) is 6. The van der Waals surface area contributed by atoms with E-state index in [1.165, 1.54) is 5.56 Å². The largest absolute Gasteiger partial charge is 0.438 e. The number of carbonyl (C=O) groups is 1. The number of morpholine rings is 1. The van der Waals surface area contributed by atoms with Crippen LogP contribution in [0.2, 0.25) is 0 Å². The Balaban J connectivity index is 1.48. The predicted molar refractivity (Wildman–Crippen MR) is 108 cm³/mol. The molecule has 3 heterocycles. The highest BCUT2D eigenvalue weighted by atomic mass is 16.5. The predicted octanol–water partition coefficient (Wildman–Crippen LogP) is 2.71. The summed E-state index contributed by atoms with van der Waals surface area (Å²) in [6.07, 6.45) is 2.76. The Kier molecular flexibility index (Phi) is 4.83. The van der Waals surface area contributed by atoms with Crippen LogP contribution in [0.4, 0.5) is 5.95 Å². The first-order valence-electron chi connectivity index (χ1n) is 10.4. The Morgan fingerprint density at radius 1 is 1.10 bits per heavy atom. The summed E-state index contributed by atoms with van der Waals surface area (Å²) in [6.45, 7) is 6.19. The Bertz CT molecular complexity index is 905. The Hall–Kier alpha value is -2.67. The van der Waals surface area contributed by atoms with Gasteiger partial charge in [0.25, 0.3) is 0 Å². The monoisotopic (exact) mass is 394 g/mol. The summed E-state index contributed by atoms with van der Waals surface area (Å²) in [4.78, 5) is 26.3. The van der Waals surface area contributed by atoms with Gasteiger partial charge >= 0.3 is 0 Å². The van der Waals surface area contributed by atoms with E-state index < -0.39 is 0 Å². The van der Waals surface area contributed by atoms with Gasteiger partial charge in [-0.3, -0.25) is 4.79 Å². The van der Waals surface area contributed by atoms with Gasteiger partial charge in [-0.05, 0) is 31.9 Å². The van der Waals surface area contributed by atoms with Gasteiger partial charge in [0.1, 0.15) is 5.75 Å². The van der Waals surface area contributed by atoms with E-state index in [4.69, 9.17) is 19.4 Å². The van der Waals surface area contributed by atoms with Crippen LogP contribution < -0.4 is 9.64 Å². The Morgan fingerprint density at radius 2 is 1.86 bits per heavy atom. The minimum Gasteiger partial charge on any atom is -0.438 e. The van der Waals surface area contributed by atoms with Crippen LogP contribution in [-0.4, -0.2) is 53.6 Å². The molecule has 29 heavy (non-hydrogen) atoms. The minimum atomic E-state index is 0.214. The smallest absolute Gasteiger partial charge is 0.229 e. The molecule has 0 bridgehead atoms. The van der Waals surface area contributed by atoms with E-state index >= 15 is 0 Å². The molecule has 152 valence electrons. The molecule has 2 fully saturated rings. The first-order valence-corrected chi connectivity index (χ1v) is 10.4. The lowest BCUT2D eigenvalue weighted by Crippen LogP contribution is -2.40. The zero-order chi connectivity index (χ0) is 19.8. The highest BCUT2D eigenvalue weighted by Gasteiger charge is 2.36. The number of carbonyl (C=O) groups excluding carboxylic acids is 1. The summed E-state index contributed by atoms with van der Waals surface area (Å²) in [6, 6.07) is 7.95. The van der Waals surface area contributed by atoms with Gasteiger partial charge in [0.2, 0.25) is 17.7 Å². The number of nitrogens with zero attached hydrogens (tertiary/aromatic N) is 4. The number of rotatable bonds is 4. The average Bonchev–Trinajstić information content (AvgIpc) is 3.60. The van der Waals surface area contributed by atoms with Gasteiger partial charge in [-0.2, -0.15) is 4.98 Å². The normalized spacial score (nSPS) is 19.1. The van der Waals surface area contributed by atoms with Crippen molar-refractivity contribution < 1.29 is 14.3 Å². The molecule has 0 radical (unpaired) electrons. The van der Waals surface area contributed by atoms with Crippen LogP contribution in [0.5, 0.6) is 11.6 Å². The van der Waals surface area contributed by atoms with Gasteiger partial charge in [0.05, 0.1) is 31.0 Å². The zero-order valence-corrected chi connectivity index (χ0v) is 16.8. The van der Waals surface area contributed by atoms with Gasteiger partial charge in [-0.15, -0.1) is 0 Å². The fourth-order valence-corrected chi connectivity index (χ4v) is 3.86. The molecule has 1 saturated carbocycles. The summed E-state index contributed by atoms with van der Waals surface area (Å²) < 4.78 is 11.7. The maximum atomic E-state index is 12.6. The molecule has 3 aliphatic rings. The summed E-state index contributed by atoms with van der Waals surface area (Å²) in [5.74, 6) is 2.47. The average molecular weight is 394 g/mol. The Labute approximate surface area is 170 Å². The van der Waals surface area contributed by atoms with E-state index in [-0.39, 0.29) is 11.8 Å². The van der Waals surface area contributed by atoms with Crippen molar-refractivity contribution in [2.24, 2.45) is 5.92 Å². The lowest BCUT2D eigenvalue weighted by atomic mass is 10.1.